The maximum atomic E-state index is 12.5. The van der Waals surface area contributed by atoms with Crippen LogP contribution in [0.15, 0.2) is 24.3 Å². The van der Waals surface area contributed by atoms with Crippen molar-refractivity contribution in [1.29, 1.82) is 0 Å². The Morgan fingerprint density at radius 3 is 2.60 bits per heavy atom. The quantitative estimate of drug-likeness (QED) is 0.865. The maximum absolute atomic E-state index is 12.5. The SMILES string of the molecule is NCCN(C(=O)Cc1ccccc1O)C1CCCCC1. The normalized spacial score (nSPS) is 16.1. The van der Waals surface area contributed by atoms with Gasteiger partial charge in [-0.1, -0.05) is 37.5 Å². The zero-order chi connectivity index (χ0) is 14.4. The fourth-order valence-electron chi connectivity index (χ4n) is 2.97. The summed E-state index contributed by atoms with van der Waals surface area (Å²) in [5.74, 6) is 0.265. The molecule has 1 fully saturated rings. The summed E-state index contributed by atoms with van der Waals surface area (Å²) >= 11 is 0. The minimum absolute atomic E-state index is 0.0730. The Morgan fingerprint density at radius 1 is 1.25 bits per heavy atom. The zero-order valence-electron chi connectivity index (χ0n) is 11.9. The van der Waals surface area contributed by atoms with E-state index in [2.05, 4.69) is 0 Å². The number of nitrogens with two attached hydrogens (primary N) is 1. The fraction of sp³-hybridized carbons (Fsp3) is 0.562. The third-order valence-electron chi connectivity index (χ3n) is 4.04. The highest BCUT2D eigenvalue weighted by atomic mass is 16.3. The molecule has 110 valence electrons. The van der Waals surface area contributed by atoms with Crippen LogP contribution in [0, 0.1) is 0 Å². The van der Waals surface area contributed by atoms with Crippen LogP contribution in [0.1, 0.15) is 37.7 Å². The molecule has 0 bridgehead atoms. The molecule has 1 aliphatic rings. The Bertz CT molecular complexity index is 442. The molecule has 0 radical (unpaired) electrons. The van der Waals surface area contributed by atoms with E-state index in [9.17, 15) is 9.90 Å². The third-order valence-corrected chi connectivity index (χ3v) is 4.04. The predicted octanol–water partition coefficient (Wildman–Crippen LogP) is 2.05. The number of para-hydroxylation sites is 1. The maximum Gasteiger partial charge on any atom is 0.227 e. The molecule has 0 saturated heterocycles. The molecule has 1 aromatic rings. The average molecular weight is 276 g/mol. The van der Waals surface area contributed by atoms with Crippen molar-refractivity contribution in [2.45, 2.75) is 44.6 Å². The number of hydrogen-bond donors (Lipinski definition) is 2. The minimum Gasteiger partial charge on any atom is -0.508 e. The molecule has 0 unspecified atom stereocenters. The lowest BCUT2D eigenvalue weighted by molar-refractivity contribution is -0.133. The number of carbonyl (C=O) groups excluding carboxylic acids is 1. The van der Waals surface area contributed by atoms with Gasteiger partial charge in [0.2, 0.25) is 5.91 Å². The summed E-state index contributed by atoms with van der Waals surface area (Å²) in [6, 6.07) is 7.36. The van der Waals surface area contributed by atoms with E-state index in [1.807, 2.05) is 11.0 Å². The molecule has 1 amide bonds. The van der Waals surface area contributed by atoms with Gasteiger partial charge >= 0.3 is 0 Å². The number of phenolic OH excluding ortho intramolecular Hbond substituents is 1. The average Bonchev–Trinajstić information content (AvgIpc) is 2.48. The first kappa shape index (κ1) is 14.9. The van der Waals surface area contributed by atoms with Gasteiger partial charge in [-0.15, -0.1) is 0 Å². The summed E-state index contributed by atoms with van der Waals surface area (Å²) in [5.41, 5.74) is 6.34. The van der Waals surface area contributed by atoms with Crippen LogP contribution in [-0.2, 0) is 11.2 Å². The number of nitrogens with zero attached hydrogens (tertiary/aromatic N) is 1. The number of benzene rings is 1. The standard InChI is InChI=1S/C16H24N2O2/c17-10-11-18(14-7-2-1-3-8-14)16(20)12-13-6-4-5-9-15(13)19/h4-6,9,14,19H,1-3,7-8,10-12,17H2. The van der Waals surface area contributed by atoms with Gasteiger partial charge in [0.1, 0.15) is 5.75 Å². The number of hydrogen-bond acceptors (Lipinski definition) is 3. The monoisotopic (exact) mass is 276 g/mol. The van der Waals surface area contributed by atoms with E-state index in [4.69, 9.17) is 5.73 Å². The second-order valence-electron chi connectivity index (χ2n) is 5.47. The number of rotatable bonds is 5. The van der Waals surface area contributed by atoms with Crippen molar-refractivity contribution in [3.63, 3.8) is 0 Å². The summed E-state index contributed by atoms with van der Waals surface area (Å²) in [5, 5.41) is 9.79. The van der Waals surface area contributed by atoms with Gasteiger partial charge in [0, 0.05) is 24.7 Å². The van der Waals surface area contributed by atoms with Crippen molar-refractivity contribution in [1.82, 2.24) is 4.90 Å². The second-order valence-corrected chi connectivity index (χ2v) is 5.47. The third kappa shape index (κ3) is 3.73. The lowest BCUT2D eigenvalue weighted by Crippen LogP contribution is -2.44. The molecule has 1 saturated carbocycles. The van der Waals surface area contributed by atoms with Crippen molar-refractivity contribution in [3.8, 4) is 5.75 Å². The number of carbonyl (C=O) groups is 1. The van der Waals surface area contributed by atoms with E-state index in [0.29, 0.717) is 24.7 Å². The van der Waals surface area contributed by atoms with Gasteiger partial charge in [-0.3, -0.25) is 4.79 Å². The molecule has 0 atom stereocenters. The first-order valence-electron chi connectivity index (χ1n) is 7.48. The van der Waals surface area contributed by atoms with Gasteiger partial charge < -0.3 is 15.7 Å². The Labute approximate surface area is 120 Å². The number of amides is 1. The first-order valence-corrected chi connectivity index (χ1v) is 7.48. The Hall–Kier alpha value is -1.55. The molecule has 20 heavy (non-hydrogen) atoms. The fourth-order valence-corrected chi connectivity index (χ4v) is 2.97. The van der Waals surface area contributed by atoms with E-state index >= 15 is 0 Å². The summed E-state index contributed by atoms with van der Waals surface area (Å²) < 4.78 is 0. The van der Waals surface area contributed by atoms with Crippen molar-refractivity contribution in [3.05, 3.63) is 29.8 Å². The molecular weight excluding hydrogens is 252 g/mol. The largest absolute Gasteiger partial charge is 0.508 e. The lowest BCUT2D eigenvalue weighted by Gasteiger charge is -2.34. The van der Waals surface area contributed by atoms with E-state index < -0.39 is 0 Å². The second kappa shape index (κ2) is 7.29. The van der Waals surface area contributed by atoms with Gasteiger partial charge in [0.25, 0.3) is 0 Å². The molecule has 4 heteroatoms. The van der Waals surface area contributed by atoms with Crippen LogP contribution in [0.5, 0.6) is 5.75 Å². The highest BCUT2D eigenvalue weighted by molar-refractivity contribution is 5.79. The highest BCUT2D eigenvalue weighted by Gasteiger charge is 2.25. The number of aromatic hydroxyl groups is 1. The topological polar surface area (TPSA) is 66.6 Å². The van der Waals surface area contributed by atoms with Crippen molar-refractivity contribution < 1.29 is 9.90 Å². The Balaban J connectivity index is 2.04. The molecule has 2 rings (SSSR count). The van der Waals surface area contributed by atoms with Crippen LogP contribution < -0.4 is 5.73 Å². The predicted molar refractivity (Wildman–Crippen MR) is 79.5 cm³/mol. The first-order chi connectivity index (χ1) is 9.72. The van der Waals surface area contributed by atoms with Crippen LogP contribution in [0.25, 0.3) is 0 Å². The van der Waals surface area contributed by atoms with Gasteiger partial charge in [-0.25, -0.2) is 0 Å². The summed E-state index contributed by atoms with van der Waals surface area (Å²) in [4.78, 5) is 14.4. The minimum atomic E-state index is 0.0730. The Morgan fingerprint density at radius 2 is 1.95 bits per heavy atom. The number of phenols is 1. The van der Waals surface area contributed by atoms with Crippen molar-refractivity contribution in [2.24, 2.45) is 5.73 Å². The Kier molecular flexibility index (Phi) is 5.41. The van der Waals surface area contributed by atoms with Gasteiger partial charge in [0.05, 0.1) is 6.42 Å². The molecule has 3 N–H and O–H groups in total. The van der Waals surface area contributed by atoms with Crippen LogP contribution in [-0.4, -0.2) is 35.0 Å². The molecule has 4 nitrogen and oxygen atoms in total. The van der Waals surface area contributed by atoms with Crippen LogP contribution in [0.3, 0.4) is 0 Å². The van der Waals surface area contributed by atoms with Crippen LogP contribution in [0.2, 0.25) is 0 Å². The van der Waals surface area contributed by atoms with Crippen LogP contribution in [0.4, 0.5) is 0 Å². The molecule has 0 aliphatic heterocycles. The molecule has 1 aromatic carbocycles. The summed E-state index contributed by atoms with van der Waals surface area (Å²) in [6.45, 7) is 1.10. The lowest BCUT2D eigenvalue weighted by atomic mass is 9.93. The van der Waals surface area contributed by atoms with Gasteiger partial charge in [-0.2, -0.15) is 0 Å². The van der Waals surface area contributed by atoms with Gasteiger partial charge in [0.15, 0.2) is 0 Å². The molecule has 0 heterocycles. The highest BCUT2D eigenvalue weighted by Crippen LogP contribution is 2.24. The smallest absolute Gasteiger partial charge is 0.227 e. The van der Waals surface area contributed by atoms with E-state index in [-0.39, 0.29) is 18.1 Å². The molecule has 0 spiro atoms. The van der Waals surface area contributed by atoms with E-state index in [1.54, 1.807) is 18.2 Å². The molecule has 1 aliphatic carbocycles. The zero-order valence-corrected chi connectivity index (χ0v) is 11.9. The van der Waals surface area contributed by atoms with E-state index in [1.165, 1.54) is 19.3 Å². The molecular formula is C16H24N2O2. The summed E-state index contributed by atoms with van der Waals surface area (Å²) in [6.07, 6.45) is 6.05. The van der Waals surface area contributed by atoms with Gasteiger partial charge in [-0.05, 0) is 18.9 Å². The molecule has 0 aromatic heterocycles. The van der Waals surface area contributed by atoms with E-state index in [0.717, 1.165) is 12.8 Å². The van der Waals surface area contributed by atoms with Crippen molar-refractivity contribution in [2.75, 3.05) is 13.1 Å². The van der Waals surface area contributed by atoms with Crippen LogP contribution >= 0.6 is 0 Å². The summed E-state index contributed by atoms with van der Waals surface area (Å²) in [7, 11) is 0. The van der Waals surface area contributed by atoms with Crippen molar-refractivity contribution >= 4 is 5.91 Å².